The first kappa shape index (κ1) is 20.2. The topological polar surface area (TPSA) is 80.8 Å². The third-order valence-electron chi connectivity index (χ3n) is 3.95. The summed E-state index contributed by atoms with van der Waals surface area (Å²) in [6.45, 7) is 8.11. The van der Waals surface area contributed by atoms with E-state index in [0.717, 1.165) is 12.0 Å². The first-order chi connectivity index (χ1) is 12.3. The molecule has 0 aromatic carbocycles. The highest BCUT2D eigenvalue weighted by atomic mass is 16.6. The van der Waals surface area contributed by atoms with Crippen molar-refractivity contribution in [3.05, 3.63) is 30.1 Å². The molecule has 1 fully saturated rings. The zero-order valence-electron chi connectivity index (χ0n) is 15.9. The lowest BCUT2D eigenvalue weighted by atomic mass is 10.1. The normalized spacial score (nSPS) is 17.0. The molecule has 2 heterocycles. The molecule has 1 unspecified atom stereocenters. The summed E-state index contributed by atoms with van der Waals surface area (Å²) < 4.78 is 10.7. The Morgan fingerprint density at radius 3 is 2.85 bits per heavy atom. The molecule has 1 atom stereocenters. The van der Waals surface area contributed by atoms with E-state index in [4.69, 9.17) is 9.47 Å². The predicted octanol–water partition coefficient (Wildman–Crippen LogP) is 2.36. The van der Waals surface area contributed by atoms with Crippen molar-refractivity contribution in [1.29, 1.82) is 0 Å². The number of hydrogen-bond acceptors (Lipinski definition) is 5. The van der Waals surface area contributed by atoms with E-state index in [1.807, 2.05) is 32.9 Å². The number of nitrogens with zero attached hydrogens (tertiary/aromatic N) is 2. The van der Waals surface area contributed by atoms with Gasteiger partial charge >= 0.3 is 6.09 Å². The van der Waals surface area contributed by atoms with Crippen molar-refractivity contribution in [1.82, 2.24) is 15.2 Å². The van der Waals surface area contributed by atoms with E-state index >= 15 is 0 Å². The number of pyridine rings is 1. The highest BCUT2D eigenvalue weighted by Gasteiger charge is 2.24. The minimum absolute atomic E-state index is 0.0265. The van der Waals surface area contributed by atoms with Crippen molar-refractivity contribution in [2.45, 2.75) is 45.8 Å². The molecule has 0 spiro atoms. The number of nitrogens with one attached hydrogen (secondary N) is 1. The minimum Gasteiger partial charge on any atom is -0.444 e. The number of carbonyl (C=O) groups excluding carboxylic acids is 2. The van der Waals surface area contributed by atoms with Crippen molar-refractivity contribution in [3.8, 4) is 0 Å². The van der Waals surface area contributed by atoms with Crippen LogP contribution in [-0.4, -0.2) is 53.8 Å². The highest BCUT2D eigenvalue weighted by Crippen LogP contribution is 2.14. The molecule has 1 aromatic rings. The van der Waals surface area contributed by atoms with Crippen LogP contribution < -0.4 is 5.32 Å². The van der Waals surface area contributed by atoms with Gasteiger partial charge in [-0.25, -0.2) is 4.79 Å². The zero-order chi connectivity index (χ0) is 19.0. The van der Waals surface area contributed by atoms with Crippen LogP contribution in [0.4, 0.5) is 4.79 Å². The van der Waals surface area contributed by atoms with Gasteiger partial charge < -0.3 is 19.7 Å². The molecule has 26 heavy (non-hydrogen) atoms. The minimum atomic E-state index is -0.555. The van der Waals surface area contributed by atoms with E-state index in [0.29, 0.717) is 39.3 Å². The van der Waals surface area contributed by atoms with Gasteiger partial charge in [-0.3, -0.25) is 9.78 Å². The quantitative estimate of drug-likeness (QED) is 0.752. The molecule has 0 aliphatic carbocycles. The van der Waals surface area contributed by atoms with Crippen molar-refractivity contribution in [3.63, 3.8) is 0 Å². The Hall–Kier alpha value is -2.15. The van der Waals surface area contributed by atoms with Crippen LogP contribution in [0.2, 0.25) is 0 Å². The van der Waals surface area contributed by atoms with Gasteiger partial charge in [0.25, 0.3) is 0 Å². The van der Waals surface area contributed by atoms with E-state index in [9.17, 15) is 9.59 Å². The van der Waals surface area contributed by atoms with Gasteiger partial charge in [0.15, 0.2) is 0 Å². The molecule has 1 aliphatic heterocycles. The zero-order valence-corrected chi connectivity index (χ0v) is 15.9. The van der Waals surface area contributed by atoms with Gasteiger partial charge in [-0.05, 0) is 45.2 Å². The molecule has 7 heteroatoms. The number of ether oxygens (including phenoxy) is 2. The lowest BCUT2D eigenvalue weighted by molar-refractivity contribution is -0.124. The van der Waals surface area contributed by atoms with Crippen LogP contribution in [-0.2, 0) is 20.8 Å². The van der Waals surface area contributed by atoms with E-state index in [-0.39, 0.29) is 17.9 Å². The third-order valence-corrected chi connectivity index (χ3v) is 3.95. The molecule has 2 rings (SSSR count). The Morgan fingerprint density at radius 1 is 1.42 bits per heavy atom. The van der Waals surface area contributed by atoms with E-state index in [1.54, 1.807) is 17.3 Å². The summed E-state index contributed by atoms with van der Waals surface area (Å²) in [5.41, 5.74) is 0.381. The van der Waals surface area contributed by atoms with E-state index in [2.05, 4.69) is 10.3 Å². The molecule has 144 valence electrons. The maximum Gasteiger partial charge on any atom is 0.410 e. The Kier molecular flexibility index (Phi) is 7.38. The largest absolute Gasteiger partial charge is 0.444 e. The van der Waals surface area contributed by atoms with Gasteiger partial charge in [0.05, 0.1) is 19.1 Å². The summed E-state index contributed by atoms with van der Waals surface area (Å²) >= 11 is 0. The second-order valence-electron chi connectivity index (χ2n) is 7.47. The first-order valence-electron chi connectivity index (χ1n) is 9.07. The third kappa shape index (κ3) is 7.00. The highest BCUT2D eigenvalue weighted by molar-refractivity contribution is 5.78. The van der Waals surface area contributed by atoms with Crippen molar-refractivity contribution >= 4 is 12.0 Å². The molecular weight excluding hydrogens is 334 g/mol. The van der Waals surface area contributed by atoms with Crippen LogP contribution in [0.25, 0.3) is 0 Å². The van der Waals surface area contributed by atoms with E-state index in [1.165, 1.54) is 0 Å². The fourth-order valence-electron chi connectivity index (χ4n) is 2.64. The van der Waals surface area contributed by atoms with Crippen molar-refractivity contribution < 1.29 is 19.1 Å². The lowest BCUT2D eigenvalue weighted by Gasteiger charge is -2.27. The van der Waals surface area contributed by atoms with Crippen LogP contribution in [0.1, 0.15) is 39.2 Å². The van der Waals surface area contributed by atoms with E-state index < -0.39 is 5.60 Å². The average molecular weight is 363 g/mol. The van der Waals surface area contributed by atoms with Crippen molar-refractivity contribution in [2.24, 2.45) is 5.92 Å². The molecule has 1 N–H and O–H groups in total. The molecule has 0 bridgehead atoms. The van der Waals surface area contributed by atoms with Crippen LogP contribution in [0.3, 0.4) is 0 Å². The molecule has 2 amide bonds. The maximum absolute atomic E-state index is 12.5. The van der Waals surface area contributed by atoms with Gasteiger partial charge in [-0.1, -0.05) is 6.07 Å². The Morgan fingerprint density at radius 2 is 2.23 bits per heavy atom. The van der Waals surface area contributed by atoms with Gasteiger partial charge in [0, 0.05) is 32.1 Å². The maximum atomic E-state index is 12.5. The number of hydrogen-bond donors (Lipinski definition) is 1. The van der Waals surface area contributed by atoms with Crippen LogP contribution in [0.15, 0.2) is 24.5 Å². The fraction of sp³-hybridized carbons (Fsp3) is 0.632. The second kappa shape index (κ2) is 9.52. The Labute approximate surface area is 155 Å². The second-order valence-corrected chi connectivity index (χ2v) is 7.47. The first-order valence-corrected chi connectivity index (χ1v) is 9.07. The summed E-state index contributed by atoms with van der Waals surface area (Å²) in [7, 11) is 0. The smallest absolute Gasteiger partial charge is 0.410 e. The van der Waals surface area contributed by atoms with Crippen molar-refractivity contribution in [2.75, 3.05) is 26.3 Å². The molecule has 7 nitrogen and oxygen atoms in total. The SMILES string of the molecule is CC(C)(C)OC(=O)N(CCCNC(=O)C1CCOC1)Cc1cccnc1. The molecule has 0 saturated carbocycles. The molecule has 0 radical (unpaired) electrons. The number of carbonyl (C=O) groups is 2. The summed E-state index contributed by atoms with van der Waals surface area (Å²) in [6.07, 6.45) is 4.50. The molecule has 1 aliphatic rings. The fourth-order valence-corrected chi connectivity index (χ4v) is 2.64. The monoisotopic (exact) mass is 363 g/mol. The van der Waals surface area contributed by atoms with Gasteiger partial charge in [0.2, 0.25) is 5.91 Å². The molecule has 1 saturated heterocycles. The van der Waals surface area contributed by atoms with Crippen LogP contribution in [0, 0.1) is 5.92 Å². The van der Waals surface area contributed by atoms with Gasteiger partial charge in [-0.2, -0.15) is 0 Å². The summed E-state index contributed by atoms with van der Waals surface area (Å²) in [4.78, 5) is 30.2. The Balaban J connectivity index is 1.84. The Bertz CT molecular complexity index is 580. The van der Waals surface area contributed by atoms with Crippen LogP contribution in [0.5, 0.6) is 0 Å². The number of rotatable bonds is 7. The number of amides is 2. The summed E-state index contributed by atoms with van der Waals surface area (Å²) in [5.74, 6) is -0.0223. The number of aromatic nitrogens is 1. The summed E-state index contributed by atoms with van der Waals surface area (Å²) in [6, 6.07) is 3.76. The summed E-state index contributed by atoms with van der Waals surface area (Å²) in [5, 5.41) is 2.92. The molecule has 1 aromatic heterocycles. The van der Waals surface area contributed by atoms with Gasteiger partial charge in [-0.15, -0.1) is 0 Å². The predicted molar refractivity (Wildman–Crippen MR) is 97.4 cm³/mol. The van der Waals surface area contributed by atoms with Crippen LogP contribution >= 0.6 is 0 Å². The molecular formula is C19H29N3O4. The van der Waals surface area contributed by atoms with Gasteiger partial charge in [0.1, 0.15) is 5.60 Å². The average Bonchev–Trinajstić information content (AvgIpc) is 3.11. The standard InChI is InChI=1S/C19H29N3O4/c1-19(2,3)26-18(24)22(13-15-6-4-8-20-12-15)10-5-9-21-17(23)16-7-11-25-14-16/h4,6,8,12,16H,5,7,9-11,13-14H2,1-3H3,(H,21,23). The lowest BCUT2D eigenvalue weighted by Crippen LogP contribution is -2.38.